The monoisotopic (exact) mass is 530 g/mol. The first kappa shape index (κ1) is 25.1. The molecule has 4 aromatic rings. The second kappa shape index (κ2) is 9.09. The van der Waals surface area contributed by atoms with Crippen molar-refractivity contribution in [2.75, 3.05) is 19.6 Å². The summed E-state index contributed by atoms with van der Waals surface area (Å²) in [6, 6.07) is 7.78. The van der Waals surface area contributed by atoms with Gasteiger partial charge >= 0.3 is 6.03 Å². The number of hydrogen-bond donors (Lipinski definition) is 1. The number of amides is 2. The van der Waals surface area contributed by atoms with Crippen LogP contribution in [0.2, 0.25) is 0 Å². The summed E-state index contributed by atoms with van der Waals surface area (Å²) in [5.41, 5.74) is 3.15. The zero-order valence-corrected chi connectivity index (χ0v) is 21.5. The highest BCUT2D eigenvalue weighted by Crippen LogP contribution is 2.36. The molecule has 4 heterocycles. The van der Waals surface area contributed by atoms with Crippen LogP contribution in [0.15, 0.2) is 53.8 Å². The van der Waals surface area contributed by atoms with Gasteiger partial charge in [-0.05, 0) is 31.0 Å². The highest BCUT2D eigenvalue weighted by atomic mass is 32.2. The standard InChI is InChI=1S/C25H28F2N6O3S/c1-4-17-13-31(24(34)30-15-25(3,26)27)14-19(17)21-11-28-22-12-29-23-20(33(21)22)9-10-32(23)37(35,36)18-7-5-16(2)6-8-18/h5-12,17,19H,4,13-15H2,1-3H3,(H,30,34). The summed E-state index contributed by atoms with van der Waals surface area (Å²) in [6.45, 7) is 4.69. The number of rotatable bonds is 6. The van der Waals surface area contributed by atoms with Gasteiger partial charge in [0.05, 0.1) is 23.2 Å². The maximum Gasteiger partial charge on any atom is 0.317 e. The Bertz CT molecular complexity index is 1570. The number of aromatic nitrogens is 4. The number of aryl methyl sites for hydroxylation is 1. The molecule has 196 valence electrons. The summed E-state index contributed by atoms with van der Waals surface area (Å²) in [7, 11) is -3.88. The van der Waals surface area contributed by atoms with E-state index in [1.54, 1.807) is 41.4 Å². The lowest BCUT2D eigenvalue weighted by Crippen LogP contribution is -2.43. The van der Waals surface area contributed by atoms with Crippen molar-refractivity contribution < 1.29 is 22.0 Å². The van der Waals surface area contributed by atoms with Crippen molar-refractivity contribution >= 4 is 32.9 Å². The van der Waals surface area contributed by atoms with Gasteiger partial charge in [-0.3, -0.25) is 4.40 Å². The van der Waals surface area contributed by atoms with Crippen molar-refractivity contribution in [2.45, 2.75) is 43.9 Å². The number of hydrogen-bond acceptors (Lipinski definition) is 5. The molecule has 9 nitrogen and oxygen atoms in total. The second-order valence-corrected chi connectivity index (χ2v) is 11.5. The van der Waals surface area contributed by atoms with Crippen molar-refractivity contribution in [3.63, 3.8) is 0 Å². The molecule has 3 aromatic heterocycles. The second-order valence-electron chi connectivity index (χ2n) is 9.68. The van der Waals surface area contributed by atoms with Crippen molar-refractivity contribution in [3.8, 4) is 0 Å². The predicted octanol–water partition coefficient (Wildman–Crippen LogP) is 4.02. The number of likely N-dealkylation sites (tertiary alicyclic amines) is 1. The molecule has 37 heavy (non-hydrogen) atoms. The predicted molar refractivity (Wildman–Crippen MR) is 134 cm³/mol. The molecule has 0 bridgehead atoms. The Kier molecular flexibility index (Phi) is 6.17. The van der Waals surface area contributed by atoms with E-state index in [4.69, 9.17) is 0 Å². The normalized spacial score (nSPS) is 18.7. The first-order chi connectivity index (χ1) is 17.5. The minimum absolute atomic E-state index is 0.0781. The van der Waals surface area contributed by atoms with Gasteiger partial charge < -0.3 is 10.2 Å². The number of halogens is 2. The van der Waals surface area contributed by atoms with Crippen molar-refractivity contribution in [2.24, 2.45) is 5.92 Å². The number of carbonyl (C=O) groups is 1. The molecule has 0 spiro atoms. The zero-order chi connectivity index (χ0) is 26.5. The fourth-order valence-electron chi connectivity index (χ4n) is 4.95. The van der Waals surface area contributed by atoms with E-state index in [9.17, 15) is 22.0 Å². The van der Waals surface area contributed by atoms with Crippen LogP contribution in [0.1, 0.15) is 37.4 Å². The van der Waals surface area contributed by atoms with Crippen LogP contribution in [0, 0.1) is 12.8 Å². The topological polar surface area (TPSA) is 102 Å². The van der Waals surface area contributed by atoms with Gasteiger partial charge in [0, 0.05) is 44.0 Å². The third kappa shape index (κ3) is 4.54. The van der Waals surface area contributed by atoms with E-state index in [0.717, 1.165) is 28.6 Å². The van der Waals surface area contributed by atoms with Gasteiger partial charge in [0.2, 0.25) is 0 Å². The SMILES string of the molecule is CCC1CN(C(=O)NCC(C)(F)F)CC1c1cnc2cnc3c(ccn3S(=O)(=O)c3ccc(C)cc3)n12. The lowest BCUT2D eigenvalue weighted by atomic mass is 9.91. The first-order valence-corrected chi connectivity index (χ1v) is 13.5. The molecule has 0 aliphatic carbocycles. The van der Waals surface area contributed by atoms with E-state index < -0.39 is 28.5 Å². The largest absolute Gasteiger partial charge is 0.332 e. The molecular formula is C25H28F2N6O3S. The smallest absolute Gasteiger partial charge is 0.317 e. The van der Waals surface area contributed by atoms with Crippen LogP contribution in [0.3, 0.4) is 0 Å². The Morgan fingerprint density at radius 1 is 1.14 bits per heavy atom. The van der Waals surface area contributed by atoms with Gasteiger partial charge in [-0.1, -0.05) is 31.0 Å². The molecule has 0 radical (unpaired) electrons. The van der Waals surface area contributed by atoms with E-state index >= 15 is 0 Å². The average Bonchev–Trinajstić information content (AvgIpc) is 3.57. The summed E-state index contributed by atoms with van der Waals surface area (Å²) < 4.78 is 56.3. The Morgan fingerprint density at radius 2 is 1.86 bits per heavy atom. The fourth-order valence-corrected chi connectivity index (χ4v) is 6.25. The van der Waals surface area contributed by atoms with Crippen LogP contribution >= 0.6 is 0 Å². The van der Waals surface area contributed by atoms with Gasteiger partial charge in [0.15, 0.2) is 11.3 Å². The van der Waals surface area contributed by atoms with Gasteiger partial charge in [-0.25, -0.2) is 35.9 Å². The molecule has 2 unspecified atom stereocenters. The number of alkyl halides is 2. The number of nitrogens with one attached hydrogen (secondary N) is 1. The number of fused-ring (bicyclic) bond motifs is 3. The molecule has 1 aromatic carbocycles. The van der Waals surface area contributed by atoms with Crippen molar-refractivity contribution in [1.82, 2.24) is 28.6 Å². The Hall–Kier alpha value is -3.54. The van der Waals surface area contributed by atoms with Gasteiger partial charge in [-0.15, -0.1) is 0 Å². The third-order valence-electron chi connectivity index (χ3n) is 6.93. The van der Waals surface area contributed by atoms with E-state index in [1.165, 1.54) is 12.4 Å². The maximum atomic E-state index is 13.4. The zero-order valence-electron chi connectivity index (χ0n) is 20.7. The number of imidazole rings is 1. The summed E-state index contributed by atoms with van der Waals surface area (Å²) in [6.07, 6.45) is 5.49. The van der Waals surface area contributed by atoms with Crippen LogP contribution < -0.4 is 5.32 Å². The molecule has 0 saturated carbocycles. The third-order valence-corrected chi connectivity index (χ3v) is 8.61. The van der Waals surface area contributed by atoms with Gasteiger partial charge in [-0.2, -0.15) is 0 Å². The van der Waals surface area contributed by atoms with Crippen LogP contribution in [-0.4, -0.2) is 63.2 Å². The Labute approximate surface area is 213 Å². The maximum absolute atomic E-state index is 13.4. The highest BCUT2D eigenvalue weighted by Gasteiger charge is 2.38. The summed E-state index contributed by atoms with van der Waals surface area (Å²) >= 11 is 0. The Morgan fingerprint density at radius 3 is 2.54 bits per heavy atom. The molecule has 1 fully saturated rings. The lowest BCUT2D eigenvalue weighted by Gasteiger charge is -2.19. The summed E-state index contributed by atoms with van der Waals surface area (Å²) in [5.74, 6) is -3.03. The minimum atomic E-state index is -3.88. The minimum Gasteiger partial charge on any atom is -0.332 e. The average molecular weight is 531 g/mol. The summed E-state index contributed by atoms with van der Waals surface area (Å²) in [4.78, 5) is 23.2. The van der Waals surface area contributed by atoms with Crippen LogP contribution in [0.4, 0.5) is 13.6 Å². The number of benzene rings is 1. The van der Waals surface area contributed by atoms with E-state index in [-0.39, 0.29) is 22.4 Å². The Balaban J connectivity index is 1.52. The van der Waals surface area contributed by atoms with E-state index in [2.05, 4.69) is 15.3 Å². The number of urea groups is 1. The molecule has 5 rings (SSSR count). The van der Waals surface area contributed by atoms with Crippen molar-refractivity contribution in [1.29, 1.82) is 0 Å². The number of carbonyl (C=O) groups excluding carboxylic acids is 1. The first-order valence-electron chi connectivity index (χ1n) is 12.1. The highest BCUT2D eigenvalue weighted by molar-refractivity contribution is 7.90. The molecule has 1 saturated heterocycles. The number of nitrogens with zero attached hydrogens (tertiary/aromatic N) is 5. The van der Waals surface area contributed by atoms with Crippen LogP contribution in [-0.2, 0) is 10.0 Å². The van der Waals surface area contributed by atoms with E-state index in [1.807, 2.05) is 18.2 Å². The fraction of sp³-hybridized carbons (Fsp3) is 0.400. The van der Waals surface area contributed by atoms with Gasteiger partial charge in [0.25, 0.3) is 15.9 Å². The molecule has 1 aliphatic heterocycles. The van der Waals surface area contributed by atoms with Crippen LogP contribution in [0.25, 0.3) is 16.8 Å². The van der Waals surface area contributed by atoms with Crippen molar-refractivity contribution in [3.05, 3.63) is 60.2 Å². The molecule has 2 atom stereocenters. The molecule has 2 amide bonds. The molecule has 12 heteroatoms. The van der Waals surface area contributed by atoms with E-state index in [0.29, 0.717) is 24.3 Å². The van der Waals surface area contributed by atoms with Gasteiger partial charge in [0.1, 0.15) is 0 Å². The quantitative estimate of drug-likeness (QED) is 0.406. The lowest BCUT2D eigenvalue weighted by molar-refractivity contribution is 0.0241. The molecule has 1 N–H and O–H groups in total. The molecule has 1 aliphatic rings. The summed E-state index contributed by atoms with van der Waals surface area (Å²) in [5, 5.41) is 2.32. The van der Waals surface area contributed by atoms with Crippen LogP contribution in [0.5, 0.6) is 0 Å². The molecular weight excluding hydrogens is 502 g/mol.